The minimum absolute atomic E-state index is 0.0450. The molecule has 0 bridgehead atoms. The fourth-order valence-corrected chi connectivity index (χ4v) is 6.83. The maximum Gasteiger partial charge on any atom is 0.204 e. The first-order valence-electron chi connectivity index (χ1n) is 14.2. The van der Waals surface area contributed by atoms with E-state index in [9.17, 15) is 9.90 Å². The van der Waals surface area contributed by atoms with Gasteiger partial charge in [0.05, 0.1) is 48.2 Å². The number of hydrogen-bond acceptors (Lipinski definition) is 5. The molecule has 3 aromatic rings. The Morgan fingerprint density at radius 3 is 1.98 bits per heavy atom. The van der Waals surface area contributed by atoms with Gasteiger partial charge in [0, 0.05) is 11.1 Å². The Kier molecular flexibility index (Phi) is 5.99. The molecule has 1 aromatic heterocycles. The number of nitrogens with zero attached hydrogens (tertiary/aromatic N) is 1. The highest BCUT2D eigenvalue weighted by Gasteiger charge is 2.43. The zero-order valence-corrected chi connectivity index (χ0v) is 22.9. The van der Waals surface area contributed by atoms with Crippen molar-refractivity contribution in [1.29, 1.82) is 0 Å². The molecule has 0 atom stereocenters. The summed E-state index contributed by atoms with van der Waals surface area (Å²) in [6.07, 6.45) is 7.83. The number of aromatic nitrogens is 1. The lowest BCUT2D eigenvalue weighted by Gasteiger charge is -2.25. The van der Waals surface area contributed by atoms with Crippen molar-refractivity contribution >= 4 is 17.1 Å². The monoisotopic (exact) mass is 532 g/mol. The largest absolute Gasteiger partial charge is 0.506 e. The number of aromatic amines is 1. The minimum atomic E-state index is -0.142. The number of rotatable bonds is 5. The van der Waals surface area contributed by atoms with Gasteiger partial charge in [0.15, 0.2) is 0 Å². The highest BCUT2D eigenvalue weighted by Crippen LogP contribution is 2.48. The van der Waals surface area contributed by atoms with Gasteiger partial charge in [-0.1, -0.05) is 24.3 Å². The Hall–Kier alpha value is -4.32. The molecule has 2 aromatic carbocycles. The van der Waals surface area contributed by atoms with Crippen LogP contribution < -0.4 is 9.47 Å². The number of methoxy groups -OCH3 is 2. The third-order valence-corrected chi connectivity index (χ3v) is 8.74. The fourth-order valence-electron chi connectivity index (χ4n) is 6.83. The molecule has 4 aliphatic rings. The summed E-state index contributed by atoms with van der Waals surface area (Å²) in [5.74, 6) is 1.44. The number of ketones is 1. The number of H-pyrrole nitrogens is 1. The topological polar surface area (TPSA) is 83.9 Å². The molecule has 0 spiro atoms. The van der Waals surface area contributed by atoms with E-state index in [1.165, 1.54) is 11.1 Å². The molecule has 2 N–H and O–H groups in total. The van der Waals surface area contributed by atoms with Crippen LogP contribution in [0.15, 0.2) is 81.7 Å². The van der Waals surface area contributed by atoms with Crippen molar-refractivity contribution in [2.24, 2.45) is 4.99 Å². The average molecular weight is 533 g/mol. The van der Waals surface area contributed by atoms with Gasteiger partial charge >= 0.3 is 0 Å². The number of allylic oxidation sites excluding steroid dienone is 4. The molecular formula is C34H32N2O4. The molecule has 0 radical (unpaired) electrons. The molecule has 0 amide bonds. The van der Waals surface area contributed by atoms with E-state index >= 15 is 0 Å². The smallest absolute Gasteiger partial charge is 0.204 e. The van der Waals surface area contributed by atoms with E-state index in [1.807, 2.05) is 48.5 Å². The third-order valence-electron chi connectivity index (χ3n) is 8.74. The molecule has 6 nitrogen and oxygen atoms in total. The van der Waals surface area contributed by atoms with Crippen molar-refractivity contribution in [2.75, 3.05) is 14.2 Å². The second kappa shape index (κ2) is 9.70. The average Bonchev–Trinajstić information content (AvgIpc) is 3.56. The van der Waals surface area contributed by atoms with Crippen LogP contribution >= 0.6 is 0 Å². The second-order valence-corrected chi connectivity index (χ2v) is 10.8. The van der Waals surface area contributed by atoms with Gasteiger partial charge < -0.3 is 19.6 Å². The predicted molar refractivity (Wildman–Crippen MR) is 156 cm³/mol. The summed E-state index contributed by atoms with van der Waals surface area (Å²) in [7, 11) is 3.34. The number of fused-ring (bicyclic) bond motifs is 1. The van der Waals surface area contributed by atoms with Crippen LogP contribution in [0.5, 0.6) is 11.5 Å². The first kappa shape index (κ1) is 24.7. The van der Waals surface area contributed by atoms with Gasteiger partial charge in [-0.25, -0.2) is 4.99 Å². The Morgan fingerprint density at radius 1 is 0.725 bits per heavy atom. The van der Waals surface area contributed by atoms with E-state index in [0.29, 0.717) is 16.8 Å². The van der Waals surface area contributed by atoms with Crippen LogP contribution in [0, 0.1) is 0 Å². The normalized spacial score (nSPS) is 20.2. The van der Waals surface area contributed by atoms with Gasteiger partial charge in [-0.3, -0.25) is 4.79 Å². The zero-order chi connectivity index (χ0) is 27.4. The molecule has 202 valence electrons. The molecule has 7 rings (SSSR count). The van der Waals surface area contributed by atoms with Gasteiger partial charge in [-0.15, -0.1) is 0 Å². The number of carbonyl (C=O) groups is 1. The molecule has 1 aliphatic heterocycles. The van der Waals surface area contributed by atoms with E-state index in [0.717, 1.165) is 102 Å². The van der Waals surface area contributed by atoms with Crippen LogP contribution in [-0.2, 0) is 17.6 Å². The van der Waals surface area contributed by atoms with Gasteiger partial charge in [-0.2, -0.15) is 0 Å². The number of aliphatic hydroxyl groups excluding tert-OH is 1. The SMILES string of the molecule is COc1ccccc1C1=NC(=C2C(=O)C(c3[nH]c(-c4ccccc4OC)c4c3CCCC4)=C2O)C2=C1CCCC2. The van der Waals surface area contributed by atoms with Crippen LogP contribution in [0.25, 0.3) is 16.8 Å². The Balaban J connectivity index is 1.38. The number of aliphatic imine (C=N–C) groups is 1. The summed E-state index contributed by atoms with van der Waals surface area (Å²) in [6.45, 7) is 0. The fraction of sp³-hybridized carbons (Fsp3) is 0.294. The Bertz CT molecular complexity index is 1700. The highest BCUT2D eigenvalue weighted by atomic mass is 16.5. The van der Waals surface area contributed by atoms with Crippen LogP contribution in [0.4, 0.5) is 0 Å². The van der Waals surface area contributed by atoms with Crippen LogP contribution in [0.1, 0.15) is 60.9 Å². The number of Topliss-reactive ketones (excluding diaryl/α,β-unsaturated/α-hetero) is 1. The van der Waals surface area contributed by atoms with Crippen molar-refractivity contribution in [3.05, 3.63) is 99.1 Å². The quantitative estimate of drug-likeness (QED) is 0.345. The first-order valence-corrected chi connectivity index (χ1v) is 14.2. The summed E-state index contributed by atoms with van der Waals surface area (Å²) in [5, 5.41) is 11.5. The van der Waals surface area contributed by atoms with Crippen molar-refractivity contribution in [3.63, 3.8) is 0 Å². The first-order chi connectivity index (χ1) is 19.6. The predicted octanol–water partition coefficient (Wildman–Crippen LogP) is 7.06. The molecule has 6 heteroatoms. The van der Waals surface area contributed by atoms with Crippen molar-refractivity contribution in [3.8, 4) is 22.8 Å². The molecule has 40 heavy (non-hydrogen) atoms. The summed E-state index contributed by atoms with van der Waals surface area (Å²) >= 11 is 0. The van der Waals surface area contributed by atoms with Crippen molar-refractivity contribution in [2.45, 2.75) is 51.4 Å². The number of hydrogen-bond donors (Lipinski definition) is 2. The number of aliphatic hydroxyl groups is 1. The summed E-state index contributed by atoms with van der Waals surface area (Å²) in [5.41, 5.74) is 10.4. The molecule has 2 heterocycles. The third kappa shape index (κ3) is 3.62. The van der Waals surface area contributed by atoms with Gasteiger partial charge in [-0.05, 0) is 97.9 Å². The zero-order valence-electron chi connectivity index (χ0n) is 22.9. The van der Waals surface area contributed by atoms with Gasteiger partial charge in [0.25, 0.3) is 0 Å². The van der Waals surface area contributed by atoms with E-state index in [-0.39, 0.29) is 11.5 Å². The number of carbonyl (C=O) groups excluding carboxylic acids is 1. The summed E-state index contributed by atoms with van der Waals surface area (Å²) in [4.78, 5) is 22.5. The van der Waals surface area contributed by atoms with Crippen molar-refractivity contribution < 1.29 is 19.4 Å². The molecule has 0 saturated carbocycles. The number of benzene rings is 2. The van der Waals surface area contributed by atoms with E-state index in [1.54, 1.807) is 14.2 Å². The molecule has 0 unspecified atom stereocenters. The lowest BCUT2D eigenvalue weighted by Crippen LogP contribution is -2.24. The Labute approximate surface area is 233 Å². The summed E-state index contributed by atoms with van der Waals surface area (Å²) in [6, 6.07) is 15.8. The van der Waals surface area contributed by atoms with E-state index in [2.05, 4.69) is 4.98 Å². The van der Waals surface area contributed by atoms with Gasteiger partial charge in [0.2, 0.25) is 5.78 Å². The number of para-hydroxylation sites is 2. The lowest BCUT2D eigenvalue weighted by atomic mass is 9.79. The standard InChI is InChI=1S/C34H32N2O4/c1-39-25-17-9-7-15-23(25)29-19-11-3-5-13-21(19)31(35-29)27-33(37)28(34(27)38)32-22-14-6-4-12-20(22)30(36-32)24-16-8-10-18-26(24)40-2/h7-10,15-18,35,37H,3-6,11-14H2,1-2H3. The lowest BCUT2D eigenvalue weighted by molar-refractivity contribution is -0.111. The van der Waals surface area contributed by atoms with Crippen LogP contribution in [0.3, 0.4) is 0 Å². The van der Waals surface area contributed by atoms with Crippen LogP contribution in [-0.4, -0.2) is 35.8 Å². The maximum atomic E-state index is 13.9. The van der Waals surface area contributed by atoms with Crippen molar-refractivity contribution in [1.82, 2.24) is 4.98 Å². The molecular weight excluding hydrogens is 500 g/mol. The molecule has 0 fully saturated rings. The highest BCUT2D eigenvalue weighted by molar-refractivity contribution is 6.39. The summed E-state index contributed by atoms with van der Waals surface area (Å²) < 4.78 is 11.3. The van der Waals surface area contributed by atoms with Crippen LogP contribution in [0.2, 0.25) is 0 Å². The number of ether oxygens (including phenoxy) is 2. The molecule has 0 saturated heterocycles. The van der Waals surface area contributed by atoms with E-state index in [4.69, 9.17) is 14.5 Å². The maximum absolute atomic E-state index is 13.9. The molecule has 3 aliphatic carbocycles. The minimum Gasteiger partial charge on any atom is -0.506 e. The van der Waals surface area contributed by atoms with E-state index < -0.39 is 0 Å². The second-order valence-electron chi connectivity index (χ2n) is 10.8. The Morgan fingerprint density at radius 2 is 1.30 bits per heavy atom. The van der Waals surface area contributed by atoms with Gasteiger partial charge in [0.1, 0.15) is 17.3 Å². The number of nitrogens with one attached hydrogen (secondary N) is 1.